The summed E-state index contributed by atoms with van der Waals surface area (Å²) in [5.74, 6) is 0.646. The third-order valence-corrected chi connectivity index (χ3v) is 6.63. The summed E-state index contributed by atoms with van der Waals surface area (Å²) >= 11 is 0. The molecule has 4 rings (SSSR count). The Labute approximate surface area is 206 Å². The van der Waals surface area contributed by atoms with Gasteiger partial charge in [0, 0.05) is 37.4 Å². The van der Waals surface area contributed by atoms with Crippen molar-refractivity contribution in [3.63, 3.8) is 0 Å². The monoisotopic (exact) mass is 472 g/mol. The number of nitroso groups, excluding NO2 is 1. The third kappa shape index (κ3) is 5.52. The van der Waals surface area contributed by atoms with Crippen molar-refractivity contribution in [2.75, 3.05) is 50.6 Å². The zero-order valence-electron chi connectivity index (χ0n) is 20.7. The minimum absolute atomic E-state index is 0.157. The summed E-state index contributed by atoms with van der Waals surface area (Å²) in [6.07, 6.45) is 0. The molecule has 1 aliphatic heterocycles. The van der Waals surface area contributed by atoms with Crippen LogP contribution < -0.4 is 15.0 Å². The van der Waals surface area contributed by atoms with Gasteiger partial charge in [-0.3, -0.25) is 4.79 Å². The highest BCUT2D eigenvalue weighted by atomic mass is 16.5. The highest BCUT2D eigenvalue weighted by molar-refractivity contribution is 6.05. The number of methoxy groups -OCH3 is 1. The molecular formula is C28H32N4O3. The maximum atomic E-state index is 13.0. The Morgan fingerprint density at radius 1 is 1.00 bits per heavy atom. The molecule has 7 heteroatoms. The summed E-state index contributed by atoms with van der Waals surface area (Å²) in [4.78, 5) is 28.4. The smallest absolute Gasteiger partial charge is 0.255 e. The second-order valence-corrected chi connectivity index (χ2v) is 9.06. The summed E-state index contributed by atoms with van der Waals surface area (Å²) in [6, 6.07) is 18.9. The summed E-state index contributed by atoms with van der Waals surface area (Å²) in [6.45, 7) is 7.57. The molecule has 0 aliphatic carbocycles. The van der Waals surface area contributed by atoms with E-state index in [9.17, 15) is 9.70 Å². The first kappa shape index (κ1) is 24.4. The van der Waals surface area contributed by atoms with E-state index in [0.29, 0.717) is 5.56 Å². The van der Waals surface area contributed by atoms with Gasteiger partial charge in [-0.2, -0.15) is 4.91 Å². The molecule has 1 saturated heterocycles. The van der Waals surface area contributed by atoms with E-state index in [1.807, 2.05) is 67.6 Å². The third-order valence-electron chi connectivity index (χ3n) is 6.63. The topological polar surface area (TPSA) is 74.2 Å². The van der Waals surface area contributed by atoms with Gasteiger partial charge in [-0.15, -0.1) is 0 Å². The van der Waals surface area contributed by atoms with E-state index < -0.39 is 0 Å². The van der Waals surface area contributed by atoms with Crippen LogP contribution in [0, 0.1) is 11.8 Å². The number of hydrogen-bond donors (Lipinski definition) is 1. The van der Waals surface area contributed by atoms with Crippen molar-refractivity contribution in [2.24, 2.45) is 5.18 Å². The largest absolute Gasteiger partial charge is 0.495 e. The average Bonchev–Trinajstić information content (AvgIpc) is 2.88. The van der Waals surface area contributed by atoms with Crippen LogP contribution in [0.5, 0.6) is 5.75 Å². The number of benzene rings is 3. The first-order valence-electron chi connectivity index (χ1n) is 11.9. The Morgan fingerprint density at radius 2 is 1.71 bits per heavy atom. The summed E-state index contributed by atoms with van der Waals surface area (Å²) in [5.41, 5.74) is 6.28. The summed E-state index contributed by atoms with van der Waals surface area (Å²) in [7, 11) is 3.80. The molecule has 35 heavy (non-hydrogen) atoms. The van der Waals surface area contributed by atoms with E-state index in [1.165, 1.54) is 0 Å². The van der Waals surface area contributed by atoms with Crippen molar-refractivity contribution in [1.29, 1.82) is 0 Å². The molecule has 1 N–H and O–H groups in total. The van der Waals surface area contributed by atoms with Crippen LogP contribution in [0.1, 0.15) is 34.5 Å². The van der Waals surface area contributed by atoms with E-state index >= 15 is 0 Å². The lowest BCUT2D eigenvalue weighted by molar-refractivity contribution is 0.102. The fourth-order valence-corrected chi connectivity index (χ4v) is 4.40. The van der Waals surface area contributed by atoms with Crippen molar-refractivity contribution in [2.45, 2.75) is 19.9 Å². The number of carbonyl (C=O) groups is 1. The van der Waals surface area contributed by atoms with Crippen molar-refractivity contribution in [3.8, 4) is 16.9 Å². The number of nitrogens with one attached hydrogen (secondary N) is 1. The second kappa shape index (κ2) is 10.7. The molecule has 1 atom stereocenters. The molecule has 0 radical (unpaired) electrons. The Kier molecular flexibility index (Phi) is 7.46. The van der Waals surface area contributed by atoms with Crippen molar-refractivity contribution in [3.05, 3.63) is 82.3 Å². The number of anilines is 2. The van der Waals surface area contributed by atoms with Crippen LogP contribution in [0.4, 0.5) is 11.4 Å². The fourth-order valence-electron chi connectivity index (χ4n) is 4.40. The van der Waals surface area contributed by atoms with Crippen LogP contribution in [-0.4, -0.2) is 51.1 Å². The molecule has 0 saturated carbocycles. The Bertz CT molecular complexity index is 1200. The maximum absolute atomic E-state index is 13.0. The molecule has 182 valence electrons. The molecule has 0 aromatic heterocycles. The predicted molar refractivity (Wildman–Crippen MR) is 141 cm³/mol. The molecule has 1 fully saturated rings. The molecule has 1 amide bonds. The van der Waals surface area contributed by atoms with Gasteiger partial charge in [-0.05, 0) is 73.5 Å². The zero-order chi connectivity index (χ0) is 24.9. The SMILES string of the molecule is COc1ccc(NC(=O)c2ccc(-c3ccc(C(C)N=O)cc3)c(C)c2)cc1N1CCN(C)CC1. The molecule has 3 aromatic rings. The van der Waals surface area contributed by atoms with Gasteiger partial charge in [0.2, 0.25) is 0 Å². The van der Waals surface area contributed by atoms with Gasteiger partial charge < -0.3 is 19.9 Å². The molecule has 3 aromatic carbocycles. The number of nitrogens with zero attached hydrogens (tertiary/aromatic N) is 3. The van der Waals surface area contributed by atoms with Crippen LogP contribution in [0.2, 0.25) is 0 Å². The van der Waals surface area contributed by atoms with Gasteiger partial charge in [0.1, 0.15) is 11.8 Å². The number of likely N-dealkylation sites (N-methyl/N-ethyl adjacent to an activating group) is 1. The van der Waals surface area contributed by atoms with E-state index in [4.69, 9.17) is 4.74 Å². The summed E-state index contributed by atoms with van der Waals surface area (Å²) in [5, 5.41) is 6.12. The number of carbonyl (C=O) groups excluding carboxylic acids is 1. The fraction of sp³-hybridized carbons (Fsp3) is 0.321. The highest BCUT2D eigenvalue weighted by Crippen LogP contribution is 2.32. The lowest BCUT2D eigenvalue weighted by atomic mass is 9.96. The standard InChI is InChI=1S/C28H32N4O3/c1-19-17-23(9-11-25(19)22-7-5-21(6-8-22)20(2)30-34)28(33)29-24-10-12-27(35-4)26(18-24)32-15-13-31(3)14-16-32/h5-12,17-18,20H,13-16H2,1-4H3,(H,29,33). The molecule has 7 nitrogen and oxygen atoms in total. The van der Waals surface area contributed by atoms with Crippen LogP contribution in [0.15, 0.2) is 65.8 Å². The number of hydrogen-bond acceptors (Lipinski definition) is 6. The van der Waals surface area contributed by atoms with Gasteiger partial charge in [-0.1, -0.05) is 35.5 Å². The maximum Gasteiger partial charge on any atom is 0.255 e. The van der Waals surface area contributed by atoms with Crippen molar-refractivity contribution in [1.82, 2.24) is 4.90 Å². The number of rotatable bonds is 7. The van der Waals surface area contributed by atoms with E-state index in [-0.39, 0.29) is 11.9 Å². The number of ether oxygens (including phenoxy) is 1. The van der Waals surface area contributed by atoms with Crippen LogP contribution in [0.25, 0.3) is 11.1 Å². The molecule has 1 heterocycles. The lowest BCUT2D eigenvalue weighted by Gasteiger charge is -2.35. The quantitative estimate of drug-likeness (QED) is 0.460. The molecule has 1 unspecified atom stereocenters. The van der Waals surface area contributed by atoms with Crippen molar-refractivity contribution >= 4 is 17.3 Å². The molecule has 0 spiro atoms. The minimum atomic E-state index is -0.369. The molecule has 1 aliphatic rings. The van der Waals surface area contributed by atoms with Gasteiger partial charge >= 0.3 is 0 Å². The van der Waals surface area contributed by atoms with Gasteiger partial charge in [-0.25, -0.2) is 0 Å². The lowest BCUT2D eigenvalue weighted by Crippen LogP contribution is -2.44. The Hall–Kier alpha value is -3.71. The van der Waals surface area contributed by atoms with Gasteiger partial charge in [0.15, 0.2) is 0 Å². The van der Waals surface area contributed by atoms with Crippen LogP contribution >= 0.6 is 0 Å². The second-order valence-electron chi connectivity index (χ2n) is 9.06. The van der Waals surface area contributed by atoms with E-state index in [2.05, 4.69) is 27.3 Å². The molecule has 0 bridgehead atoms. The normalized spacial score (nSPS) is 14.9. The van der Waals surface area contributed by atoms with Crippen LogP contribution in [-0.2, 0) is 0 Å². The predicted octanol–water partition coefficient (Wildman–Crippen LogP) is 5.50. The number of aryl methyl sites for hydroxylation is 1. The van der Waals surface area contributed by atoms with Gasteiger partial charge in [0.25, 0.3) is 5.91 Å². The number of piperazine rings is 1. The number of amides is 1. The minimum Gasteiger partial charge on any atom is -0.495 e. The average molecular weight is 473 g/mol. The van der Waals surface area contributed by atoms with E-state index in [0.717, 1.165) is 65.6 Å². The van der Waals surface area contributed by atoms with Crippen molar-refractivity contribution < 1.29 is 9.53 Å². The highest BCUT2D eigenvalue weighted by Gasteiger charge is 2.19. The van der Waals surface area contributed by atoms with E-state index in [1.54, 1.807) is 14.0 Å². The molecular weight excluding hydrogens is 440 g/mol. The Morgan fingerprint density at radius 3 is 2.34 bits per heavy atom. The summed E-state index contributed by atoms with van der Waals surface area (Å²) < 4.78 is 5.58. The van der Waals surface area contributed by atoms with Crippen LogP contribution in [0.3, 0.4) is 0 Å². The first-order valence-corrected chi connectivity index (χ1v) is 11.9. The Balaban J connectivity index is 1.51. The van der Waals surface area contributed by atoms with Gasteiger partial charge in [0.05, 0.1) is 12.8 Å². The first-order chi connectivity index (χ1) is 16.9. The zero-order valence-corrected chi connectivity index (χ0v) is 20.7.